The van der Waals surface area contributed by atoms with Crippen molar-refractivity contribution < 1.29 is 14.3 Å². The SMILES string of the molecule is Cc1ccc(C(=O)Nc2ccc3c(c2)N(Cc2ccccc2C)C(=O)CO3)cc1C. The Balaban J connectivity index is 1.61. The van der Waals surface area contributed by atoms with Gasteiger partial charge in [0, 0.05) is 11.3 Å². The summed E-state index contributed by atoms with van der Waals surface area (Å²) < 4.78 is 5.60. The molecule has 3 aromatic rings. The second kappa shape index (κ2) is 8.03. The highest BCUT2D eigenvalue weighted by atomic mass is 16.5. The van der Waals surface area contributed by atoms with E-state index in [-0.39, 0.29) is 18.4 Å². The summed E-state index contributed by atoms with van der Waals surface area (Å²) in [5.41, 5.74) is 6.28. The molecule has 4 rings (SSSR count). The molecule has 0 unspecified atom stereocenters. The van der Waals surface area contributed by atoms with E-state index in [1.807, 2.05) is 63.2 Å². The summed E-state index contributed by atoms with van der Waals surface area (Å²) in [5, 5.41) is 2.93. The number of amides is 2. The van der Waals surface area contributed by atoms with E-state index in [0.717, 1.165) is 22.3 Å². The largest absolute Gasteiger partial charge is 0.482 e. The van der Waals surface area contributed by atoms with Crippen LogP contribution in [-0.2, 0) is 11.3 Å². The van der Waals surface area contributed by atoms with Crippen molar-refractivity contribution in [2.45, 2.75) is 27.3 Å². The number of carbonyl (C=O) groups excluding carboxylic acids is 2. The van der Waals surface area contributed by atoms with Gasteiger partial charge in [-0.2, -0.15) is 0 Å². The van der Waals surface area contributed by atoms with Crippen LogP contribution >= 0.6 is 0 Å². The minimum absolute atomic E-state index is 0.00717. The Kier molecular flexibility index (Phi) is 5.27. The lowest BCUT2D eigenvalue weighted by Gasteiger charge is -2.30. The molecule has 0 radical (unpaired) electrons. The zero-order valence-corrected chi connectivity index (χ0v) is 17.4. The van der Waals surface area contributed by atoms with Crippen LogP contribution < -0.4 is 15.0 Å². The van der Waals surface area contributed by atoms with Crippen LogP contribution in [0.5, 0.6) is 5.75 Å². The summed E-state index contributed by atoms with van der Waals surface area (Å²) in [4.78, 5) is 27.0. The molecule has 0 fully saturated rings. The molecule has 1 aliphatic heterocycles. The third kappa shape index (κ3) is 3.92. The molecule has 0 atom stereocenters. The van der Waals surface area contributed by atoms with Crippen LogP contribution in [0.25, 0.3) is 0 Å². The van der Waals surface area contributed by atoms with Crippen LogP contribution in [0, 0.1) is 20.8 Å². The highest BCUT2D eigenvalue weighted by Crippen LogP contribution is 2.36. The highest BCUT2D eigenvalue weighted by Gasteiger charge is 2.26. The number of rotatable bonds is 4. The molecule has 0 bridgehead atoms. The number of nitrogens with one attached hydrogen (secondary N) is 1. The fourth-order valence-electron chi connectivity index (χ4n) is 3.50. The molecule has 152 valence electrons. The Morgan fingerprint density at radius 3 is 2.53 bits per heavy atom. The molecule has 0 saturated carbocycles. The summed E-state index contributed by atoms with van der Waals surface area (Å²) in [6, 6.07) is 19.0. The van der Waals surface area contributed by atoms with E-state index < -0.39 is 0 Å². The van der Waals surface area contributed by atoms with Crippen molar-refractivity contribution in [3.63, 3.8) is 0 Å². The summed E-state index contributed by atoms with van der Waals surface area (Å²) in [6.07, 6.45) is 0. The van der Waals surface area contributed by atoms with Crippen molar-refractivity contribution in [2.75, 3.05) is 16.8 Å². The Morgan fingerprint density at radius 1 is 0.967 bits per heavy atom. The zero-order chi connectivity index (χ0) is 21.3. The van der Waals surface area contributed by atoms with Gasteiger partial charge in [0.25, 0.3) is 11.8 Å². The molecular formula is C25H24N2O3. The van der Waals surface area contributed by atoms with Gasteiger partial charge in [-0.1, -0.05) is 30.3 Å². The molecule has 1 aliphatic rings. The molecule has 2 amide bonds. The highest BCUT2D eigenvalue weighted by molar-refractivity contribution is 6.05. The second-order valence-electron chi connectivity index (χ2n) is 7.63. The minimum Gasteiger partial charge on any atom is -0.482 e. The standard InChI is InChI=1S/C25H24N2O3/c1-16-8-9-19(12-18(16)3)25(29)26-21-10-11-23-22(13-21)27(24(28)15-30-23)14-20-7-5-4-6-17(20)2/h4-13H,14-15H2,1-3H3,(H,26,29). The molecule has 0 saturated heterocycles. The Labute approximate surface area is 176 Å². The number of hydrogen-bond acceptors (Lipinski definition) is 3. The molecular weight excluding hydrogens is 376 g/mol. The van der Waals surface area contributed by atoms with Gasteiger partial charge in [-0.25, -0.2) is 0 Å². The number of nitrogens with zero attached hydrogens (tertiary/aromatic N) is 1. The maximum Gasteiger partial charge on any atom is 0.265 e. The van der Waals surface area contributed by atoms with Crippen molar-refractivity contribution in [3.05, 3.63) is 88.5 Å². The number of anilines is 2. The first-order valence-electron chi connectivity index (χ1n) is 9.93. The van der Waals surface area contributed by atoms with E-state index in [1.54, 1.807) is 23.1 Å². The van der Waals surface area contributed by atoms with Gasteiger partial charge >= 0.3 is 0 Å². The number of carbonyl (C=O) groups is 2. The second-order valence-corrected chi connectivity index (χ2v) is 7.63. The average molecular weight is 400 g/mol. The van der Waals surface area contributed by atoms with E-state index in [2.05, 4.69) is 5.32 Å². The third-order valence-electron chi connectivity index (χ3n) is 5.52. The fraction of sp³-hybridized carbons (Fsp3) is 0.200. The quantitative estimate of drug-likeness (QED) is 0.685. The molecule has 3 aromatic carbocycles. The summed E-state index contributed by atoms with van der Waals surface area (Å²) in [5.74, 6) is 0.335. The minimum atomic E-state index is -0.188. The lowest BCUT2D eigenvalue weighted by Crippen LogP contribution is -2.38. The van der Waals surface area contributed by atoms with Gasteiger partial charge in [-0.3, -0.25) is 9.59 Å². The zero-order valence-electron chi connectivity index (χ0n) is 17.4. The van der Waals surface area contributed by atoms with Crippen LogP contribution in [0.2, 0.25) is 0 Å². The maximum atomic E-state index is 12.7. The fourth-order valence-corrected chi connectivity index (χ4v) is 3.50. The van der Waals surface area contributed by atoms with Gasteiger partial charge in [0.2, 0.25) is 0 Å². The van der Waals surface area contributed by atoms with Crippen LogP contribution in [0.15, 0.2) is 60.7 Å². The Morgan fingerprint density at radius 2 is 1.77 bits per heavy atom. The number of hydrogen-bond donors (Lipinski definition) is 1. The van der Waals surface area contributed by atoms with Crippen molar-refractivity contribution in [1.29, 1.82) is 0 Å². The average Bonchev–Trinajstić information content (AvgIpc) is 2.73. The number of ether oxygens (including phenoxy) is 1. The molecule has 1 heterocycles. The third-order valence-corrected chi connectivity index (χ3v) is 5.52. The molecule has 30 heavy (non-hydrogen) atoms. The van der Waals surface area contributed by atoms with E-state index in [9.17, 15) is 9.59 Å². The van der Waals surface area contributed by atoms with Gasteiger partial charge in [0.1, 0.15) is 5.75 Å². The van der Waals surface area contributed by atoms with Crippen LogP contribution in [0.3, 0.4) is 0 Å². The molecule has 0 aliphatic carbocycles. The maximum absolute atomic E-state index is 12.7. The van der Waals surface area contributed by atoms with Gasteiger partial charge in [-0.15, -0.1) is 0 Å². The van der Waals surface area contributed by atoms with Crippen molar-refractivity contribution in [2.24, 2.45) is 0 Å². The smallest absolute Gasteiger partial charge is 0.265 e. The summed E-state index contributed by atoms with van der Waals surface area (Å²) >= 11 is 0. The first-order valence-corrected chi connectivity index (χ1v) is 9.93. The Hall–Kier alpha value is -3.60. The Bertz CT molecular complexity index is 1140. The lowest BCUT2D eigenvalue weighted by atomic mass is 10.1. The predicted octanol–water partition coefficient (Wildman–Crippen LogP) is 4.79. The molecule has 0 aromatic heterocycles. The molecule has 0 spiro atoms. The monoisotopic (exact) mass is 400 g/mol. The number of benzene rings is 3. The first-order chi connectivity index (χ1) is 14.4. The van der Waals surface area contributed by atoms with Gasteiger partial charge in [0.15, 0.2) is 6.61 Å². The number of aryl methyl sites for hydroxylation is 3. The van der Waals surface area contributed by atoms with E-state index in [0.29, 0.717) is 29.2 Å². The van der Waals surface area contributed by atoms with E-state index in [4.69, 9.17) is 4.74 Å². The normalized spacial score (nSPS) is 12.9. The van der Waals surface area contributed by atoms with Crippen molar-refractivity contribution >= 4 is 23.2 Å². The summed E-state index contributed by atoms with van der Waals surface area (Å²) in [7, 11) is 0. The van der Waals surface area contributed by atoms with Gasteiger partial charge in [-0.05, 0) is 73.4 Å². The first kappa shape index (κ1) is 19.7. The van der Waals surface area contributed by atoms with Gasteiger partial charge in [0.05, 0.1) is 12.2 Å². The predicted molar refractivity (Wildman–Crippen MR) is 118 cm³/mol. The topological polar surface area (TPSA) is 58.6 Å². The van der Waals surface area contributed by atoms with Gasteiger partial charge < -0.3 is 15.0 Å². The van der Waals surface area contributed by atoms with Crippen molar-refractivity contribution in [1.82, 2.24) is 0 Å². The van der Waals surface area contributed by atoms with E-state index in [1.165, 1.54) is 0 Å². The van der Waals surface area contributed by atoms with Crippen LogP contribution in [-0.4, -0.2) is 18.4 Å². The summed E-state index contributed by atoms with van der Waals surface area (Å²) in [6.45, 7) is 6.49. The lowest BCUT2D eigenvalue weighted by molar-refractivity contribution is -0.121. The van der Waals surface area contributed by atoms with Crippen LogP contribution in [0.4, 0.5) is 11.4 Å². The van der Waals surface area contributed by atoms with Crippen molar-refractivity contribution in [3.8, 4) is 5.75 Å². The van der Waals surface area contributed by atoms with E-state index >= 15 is 0 Å². The molecule has 1 N–H and O–H groups in total. The van der Waals surface area contributed by atoms with Crippen LogP contribution in [0.1, 0.15) is 32.6 Å². The number of fused-ring (bicyclic) bond motifs is 1. The molecule has 5 heteroatoms. The molecule has 5 nitrogen and oxygen atoms in total.